The van der Waals surface area contributed by atoms with Gasteiger partial charge in [-0.1, -0.05) is 0 Å². The summed E-state index contributed by atoms with van der Waals surface area (Å²) in [6.07, 6.45) is 1.93. The first-order valence-corrected chi connectivity index (χ1v) is 7.29. The van der Waals surface area contributed by atoms with E-state index in [1.807, 2.05) is 49.3 Å². The fourth-order valence-corrected chi connectivity index (χ4v) is 2.48. The minimum absolute atomic E-state index is 0.00394. The largest absolute Gasteiger partial charge is 0.336 e. The monoisotopic (exact) mass is 289 g/mol. The molecule has 21 heavy (non-hydrogen) atoms. The lowest BCUT2D eigenvalue weighted by Gasteiger charge is -2.16. The number of carbonyl (C=O) groups is 1. The van der Waals surface area contributed by atoms with Crippen LogP contribution in [0.2, 0.25) is 0 Å². The molecule has 2 heterocycles. The van der Waals surface area contributed by atoms with Crippen LogP contribution in [0.4, 0.5) is 0 Å². The number of rotatable bonds is 5. The van der Waals surface area contributed by atoms with Crippen LogP contribution in [0.3, 0.4) is 0 Å². The normalized spacial score (nSPS) is 10.9. The van der Waals surface area contributed by atoms with Gasteiger partial charge < -0.3 is 4.90 Å². The summed E-state index contributed by atoms with van der Waals surface area (Å²) in [6.45, 7) is 9.99. The summed E-state index contributed by atoms with van der Waals surface area (Å²) in [4.78, 5) is 14.3. The molecule has 2 aromatic heterocycles. The second-order valence-corrected chi connectivity index (χ2v) is 5.19. The zero-order valence-corrected chi connectivity index (χ0v) is 13.4. The number of nitrogens with zero attached hydrogens (tertiary/aromatic N) is 5. The average Bonchev–Trinajstić information content (AvgIpc) is 3.02. The first kappa shape index (κ1) is 15.3. The third kappa shape index (κ3) is 2.99. The molecule has 2 aromatic rings. The molecule has 0 aliphatic carbocycles. The van der Waals surface area contributed by atoms with Gasteiger partial charge >= 0.3 is 0 Å². The molecule has 0 bridgehead atoms. The van der Waals surface area contributed by atoms with Crippen LogP contribution in [-0.4, -0.2) is 37.4 Å². The first-order valence-electron chi connectivity index (χ1n) is 7.29. The van der Waals surface area contributed by atoms with Crippen molar-refractivity contribution in [2.24, 2.45) is 0 Å². The Morgan fingerprint density at radius 3 is 2.48 bits per heavy atom. The van der Waals surface area contributed by atoms with E-state index in [0.29, 0.717) is 12.1 Å². The van der Waals surface area contributed by atoms with Crippen molar-refractivity contribution < 1.29 is 4.79 Å². The molecule has 1 amide bonds. The minimum Gasteiger partial charge on any atom is -0.336 e. The fraction of sp³-hybridized carbons (Fsp3) is 0.533. The van der Waals surface area contributed by atoms with Gasteiger partial charge in [0, 0.05) is 32.0 Å². The predicted molar refractivity (Wildman–Crippen MR) is 81.1 cm³/mol. The third-order valence-electron chi connectivity index (χ3n) is 3.66. The van der Waals surface area contributed by atoms with Crippen molar-refractivity contribution in [3.63, 3.8) is 0 Å². The summed E-state index contributed by atoms with van der Waals surface area (Å²) in [6, 6.07) is 1.95. The lowest BCUT2D eigenvalue weighted by Crippen LogP contribution is -2.27. The van der Waals surface area contributed by atoms with Crippen LogP contribution >= 0.6 is 0 Å². The summed E-state index contributed by atoms with van der Waals surface area (Å²) < 4.78 is 3.72. The van der Waals surface area contributed by atoms with E-state index < -0.39 is 0 Å². The van der Waals surface area contributed by atoms with Crippen molar-refractivity contribution in [1.82, 2.24) is 24.5 Å². The highest BCUT2D eigenvalue weighted by atomic mass is 16.2. The van der Waals surface area contributed by atoms with E-state index in [0.717, 1.165) is 30.2 Å². The van der Waals surface area contributed by atoms with Crippen molar-refractivity contribution in [2.45, 2.75) is 47.3 Å². The molecule has 0 saturated heterocycles. The lowest BCUT2D eigenvalue weighted by molar-refractivity contribution is 0.0781. The van der Waals surface area contributed by atoms with Gasteiger partial charge in [0.1, 0.15) is 0 Å². The summed E-state index contributed by atoms with van der Waals surface area (Å²) >= 11 is 0. The van der Waals surface area contributed by atoms with Gasteiger partial charge in [-0.25, -0.2) is 0 Å². The van der Waals surface area contributed by atoms with Crippen LogP contribution in [0, 0.1) is 13.8 Å². The number of hydrogen-bond donors (Lipinski definition) is 0. The molecule has 6 heteroatoms. The van der Waals surface area contributed by atoms with Gasteiger partial charge in [0.25, 0.3) is 5.91 Å². The van der Waals surface area contributed by atoms with E-state index in [4.69, 9.17) is 0 Å². The Morgan fingerprint density at radius 2 is 1.95 bits per heavy atom. The van der Waals surface area contributed by atoms with Crippen molar-refractivity contribution in [3.05, 3.63) is 34.9 Å². The second-order valence-electron chi connectivity index (χ2n) is 5.19. The van der Waals surface area contributed by atoms with Crippen LogP contribution in [0.5, 0.6) is 0 Å². The van der Waals surface area contributed by atoms with Gasteiger partial charge in [-0.2, -0.15) is 10.2 Å². The van der Waals surface area contributed by atoms with E-state index in [9.17, 15) is 4.79 Å². The van der Waals surface area contributed by atoms with Crippen LogP contribution in [0.1, 0.15) is 41.3 Å². The van der Waals surface area contributed by atoms with Crippen LogP contribution < -0.4 is 0 Å². The zero-order chi connectivity index (χ0) is 15.6. The molecule has 0 aliphatic heterocycles. The van der Waals surface area contributed by atoms with Crippen LogP contribution in [0.15, 0.2) is 12.3 Å². The van der Waals surface area contributed by atoms with Gasteiger partial charge in [0.15, 0.2) is 0 Å². The lowest BCUT2D eigenvalue weighted by atomic mass is 10.1. The molecule has 0 N–H and O–H groups in total. The highest BCUT2D eigenvalue weighted by molar-refractivity contribution is 5.96. The quantitative estimate of drug-likeness (QED) is 0.846. The van der Waals surface area contributed by atoms with E-state index in [1.54, 1.807) is 11.9 Å². The van der Waals surface area contributed by atoms with Crippen molar-refractivity contribution in [1.29, 1.82) is 0 Å². The van der Waals surface area contributed by atoms with E-state index in [2.05, 4.69) is 10.2 Å². The van der Waals surface area contributed by atoms with Crippen LogP contribution in [0.25, 0.3) is 0 Å². The average molecular weight is 289 g/mol. The van der Waals surface area contributed by atoms with Gasteiger partial charge in [-0.05, 0) is 33.8 Å². The summed E-state index contributed by atoms with van der Waals surface area (Å²) in [5.74, 6) is -0.00394. The molecule has 0 radical (unpaired) electrons. The van der Waals surface area contributed by atoms with Gasteiger partial charge in [-0.3, -0.25) is 14.2 Å². The fourth-order valence-electron chi connectivity index (χ4n) is 2.48. The van der Waals surface area contributed by atoms with E-state index in [-0.39, 0.29) is 5.91 Å². The first-order chi connectivity index (χ1) is 9.97. The molecular weight excluding hydrogens is 266 g/mol. The molecule has 0 atom stereocenters. The molecule has 114 valence electrons. The molecule has 0 aliphatic rings. The summed E-state index contributed by atoms with van der Waals surface area (Å²) in [5.41, 5.74) is 3.30. The predicted octanol–water partition coefficient (Wildman–Crippen LogP) is 2.01. The molecule has 0 fully saturated rings. The Bertz CT molecular complexity index is 641. The Hall–Kier alpha value is -2.11. The number of hydrogen-bond acceptors (Lipinski definition) is 3. The molecule has 0 saturated carbocycles. The number of aryl methyl sites for hydroxylation is 3. The third-order valence-corrected chi connectivity index (χ3v) is 3.66. The topological polar surface area (TPSA) is 56.0 Å². The highest BCUT2D eigenvalue weighted by Crippen LogP contribution is 2.16. The minimum atomic E-state index is -0.00394. The molecule has 6 nitrogen and oxygen atoms in total. The number of aromatic nitrogens is 4. The van der Waals surface area contributed by atoms with Crippen molar-refractivity contribution in [2.75, 3.05) is 7.05 Å². The summed E-state index contributed by atoms with van der Waals surface area (Å²) in [5, 5.41) is 8.82. The number of amides is 1. The van der Waals surface area contributed by atoms with Crippen molar-refractivity contribution in [3.8, 4) is 0 Å². The molecule has 0 aromatic carbocycles. The van der Waals surface area contributed by atoms with Crippen LogP contribution in [-0.2, 0) is 19.6 Å². The maximum Gasteiger partial charge on any atom is 0.257 e. The maximum absolute atomic E-state index is 12.6. The number of carbonyl (C=O) groups excluding carboxylic acids is 1. The molecule has 2 rings (SSSR count). The highest BCUT2D eigenvalue weighted by Gasteiger charge is 2.21. The van der Waals surface area contributed by atoms with E-state index in [1.165, 1.54) is 0 Å². The Labute approximate surface area is 125 Å². The smallest absolute Gasteiger partial charge is 0.257 e. The molecular formula is C15H23N5O. The van der Waals surface area contributed by atoms with Gasteiger partial charge in [-0.15, -0.1) is 0 Å². The molecule has 0 spiro atoms. The SMILES string of the molecule is CCn1ccc(CN(C)C(=O)c2c(C)nn(CC)c2C)n1. The Morgan fingerprint density at radius 1 is 1.24 bits per heavy atom. The molecule has 0 unspecified atom stereocenters. The second kappa shape index (κ2) is 6.11. The van der Waals surface area contributed by atoms with E-state index >= 15 is 0 Å². The zero-order valence-electron chi connectivity index (χ0n) is 13.4. The van der Waals surface area contributed by atoms with Crippen molar-refractivity contribution >= 4 is 5.91 Å². The standard InChI is InChI=1S/C15H23N5O/c1-6-19-9-8-13(17-19)10-18(5)15(21)14-11(3)16-20(7-2)12(14)4/h8-9H,6-7,10H2,1-5H3. The maximum atomic E-state index is 12.6. The van der Waals surface area contributed by atoms with Gasteiger partial charge in [0.2, 0.25) is 0 Å². The Kier molecular flexibility index (Phi) is 4.45. The Balaban J connectivity index is 2.17. The van der Waals surface area contributed by atoms with Gasteiger partial charge in [0.05, 0.1) is 23.5 Å². The summed E-state index contributed by atoms with van der Waals surface area (Å²) in [7, 11) is 1.80.